The zero-order chi connectivity index (χ0) is 13.5. The second-order valence-corrected chi connectivity index (χ2v) is 4.32. The number of carbonyl (C=O) groups is 1. The number of hydrogen-bond donors (Lipinski definition) is 2. The molecule has 0 unspecified atom stereocenters. The van der Waals surface area contributed by atoms with Gasteiger partial charge in [-0.3, -0.25) is 4.98 Å². The average molecular weight is 255 g/mol. The number of urea groups is 1. The number of nitrogens with one attached hydrogen (secondary N) is 2. The fourth-order valence-corrected chi connectivity index (χ4v) is 1.70. The standard InChI is InChI=1S/C15H17N3O/c1-12-7-8-16-10-14(12)11-18-15(19)17-9-13-5-3-2-4-6-13/h2-8,10H,9,11H2,1H3,(H2,17,18,19). The highest BCUT2D eigenvalue weighted by atomic mass is 16.2. The van der Waals surface area contributed by atoms with E-state index in [4.69, 9.17) is 0 Å². The highest BCUT2D eigenvalue weighted by molar-refractivity contribution is 5.73. The molecule has 1 aromatic heterocycles. The first kappa shape index (κ1) is 13.1. The van der Waals surface area contributed by atoms with Crippen LogP contribution in [0.4, 0.5) is 4.79 Å². The minimum Gasteiger partial charge on any atom is -0.334 e. The molecule has 2 aromatic rings. The Kier molecular flexibility index (Phi) is 4.50. The van der Waals surface area contributed by atoms with Crippen molar-refractivity contribution in [2.75, 3.05) is 0 Å². The number of aromatic nitrogens is 1. The summed E-state index contributed by atoms with van der Waals surface area (Å²) in [6, 6.07) is 11.6. The van der Waals surface area contributed by atoms with Gasteiger partial charge in [-0.1, -0.05) is 30.3 Å². The topological polar surface area (TPSA) is 54.0 Å². The number of rotatable bonds is 4. The number of carbonyl (C=O) groups excluding carboxylic acids is 1. The van der Waals surface area contributed by atoms with Crippen LogP contribution >= 0.6 is 0 Å². The van der Waals surface area contributed by atoms with Crippen LogP contribution in [0, 0.1) is 6.92 Å². The van der Waals surface area contributed by atoms with Gasteiger partial charge in [-0.15, -0.1) is 0 Å². The number of aryl methyl sites for hydroxylation is 1. The molecule has 0 saturated heterocycles. The summed E-state index contributed by atoms with van der Waals surface area (Å²) >= 11 is 0. The first-order valence-electron chi connectivity index (χ1n) is 6.21. The smallest absolute Gasteiger partial charge is 0.315 e. The highest BCUT2D eigenvalue weighted by Crippen LogP contribution is 2.03. The highest BCUT2D eigenvalue weighted by Gasteiger charge is 2.02. The zero-order valence-electron chi connectivity index (χ0n) is 10.9. The maximum absolute atomic E-state index is 11.7. The number of benzene rings is 1. The van der Waals surface area contributed by atoms with Crippen molar-refractivity contribution in [1.82, 2.24) is 15.6 Å². The van der Waals surface area contributed by atoms with Crippen molar-refractivity contribution in [3.05, 3.63) is 65.5 Å². The van der Waals surface area contributed by atoms with Crippen molar-refractivity contribution in [3.63, 3.8) is 0 Å². The van der Waals surface area contributed by atoms with Gasteiger partial charge in [0.1, 0.15) is 0 Å². The van der Waals surface area contributed by atoms with Crippen LogP contribution in [0.1, 0.15) is 16.7 Å². The SMILES string of the molecule is Cc1ccncc1CNC(=O)NCc1ccccc1. The largest absolute Gasteiger partial charge is 0.334 e. The van der Waals surface area contributed by atoms with E-state index in [1.807, 2.05) is 43.3 Å². The lowest BCUT2D eigenvalue weighted by Gasteiger charge is -2.09. The van der Waals surface area contributed by atoms with Crippen molar-refractivity contribution >= 4 is 6.03 Å². The van der Waals surface area contributed by atoms with Crippen LogP contribution in [0.5, 0.6) is 0 Å². The van der Waals surface area contributed by atoms with E-state index in [1.165, 1.54) is 0 Å². The summed E-state index contributed by atoms with van der Waals surface area (Å²) in [4.78, 5) is 15.7. The molecule has 19 heavy (non-hydrogen) atoms. The Morgan fingerprint density at radius 2 is 1.84 bits per heavy atom. The van der Waals surface area contributed by atoms with E-state index in [-0.39, 0.29) is 6.03 Å². The van der Waals surface area contributed by atoms with Gasteiger partial charge in [-0.05, 0) is 29.7 Å². The third kappa shape index (κ3) is 4.10. The Morgan fingerprint density at radius 1 is 1.11 bits per heavy atom. The molecular formula is C15H17N3O. The van der Waals surface area contributed by atoms with Crippen molar-refractivity contribution in [3.8, 4) is 0 Å². The van der Waals surface area contributed by atoms with Gasteiger partial charge >= 0.3 is 6.03 Å². The minimum absolute atomic E-state index is 0.174. The normalized spacial score (nSPS) is 9.95. The Labute approximate surface area is 112 Å². The lowest BCUT2D eigenvalue weighted by Crippen LogP contribution is -2.34. The summed E-state index contributed by atoms with van der Waals surface area (Å²) in [5.41, 5.74) is 3.23. The molecule has 2 rings (SSSR count). The summed E-state index contributed by atoms with van der Waals surface area (Å²) in [5, 5.41) is 5.64. The predicted molar refractivity (Wildman–Crippen MR) is 74.5 cm³/mol. The molecule has 4 nitrogen and oxygen atoms in total. The van der Waals surface area contributed by atoms with Gasteiger partial charge in [0, 0.05) is 25.5 Å². The van der Waals surface area contributed by atoms with Gasteiger partial charge in [0.2, 0.25) is 0 Å². The van der Waals surface area contributed by atoms with Crippen molar-refractivity contribution < 1.29 is 4.79 Å². The monoisotopic (exact) mass is 255 g/mol. The van der Waals surface area contributed by atoms with Gasteiger partial charge in [-0.2, -0.15) is 0 Å². The number of amides is 2. The first-order valence-corrected chi connectivity index (χ1v) is 6.21. The van der Waals surface area contributed by atoms with Gasteiger partial charge in [0.15, 0.2) is 0 Å². The number of nitrogens with zero attached hydrogens (tertiary/aromatic N) is 1. The number of hydrogen-bond acceptors (Lipinski definition) is 2. The van der Waals surface area contributed by atoms with Crippen LogP contribution < -0.4 is 10.6 Å². The van der Waals surface area contributed by atoms with Crippen LogP contribution in [0.2, 0.25) is 0 Å². The van der Waals surface area contributed by atoms with E-state index in [0.717, 1.165) is 16.7 Å². The van der Waals surface area contributed by atoms with Gasteiger partial charge in [0.25, 0.3) is 0 Å². The second-order valence-electron chi connectivity index (χ2n) is 4.32. The molecule has 0 aliphatic rings. The fraction of sp³-hybridized carbons (Fsp3) is 0.200. The fourth-order valence-electron chi connectivity index (χ4n) is 1.70. The predicted octanol–water partition coefficient (Wildman–Crippen LogP) is 2.39. The second kappa shape index (κ2) is 6.54. The van der Waals surface area contributed by atoms with Crippen LogP contribution in [0.15, 0.2) is 48.8 Å². The molecule has 1 heterocycles. The van der Waals surface area contributed by atoms with Crippen LogP contribution in [-0.4, -0.2) is 11.0 Å². The Hall–Kier alpha value is -2.36. The van der Waals surface area contributed by atoms with E-state index >= 15 is 0 Å². The minimum atomic E-state index is -0.174. The van der Waals surface area contributed by atoms with E-state index in [9.17, 15) is 4.79 Å². The average Bonchev–Trinajstić information content (AvgIpc) is 2.45. The summed E-state index contributed by atoms with van der Waals surface area (Å²) in [6.07, 6.45) is 3.51. The Morgan fingerprint density at radius 3 is 2.58 bits per heavy atom. The number of pyridine rings is 1. The summed E-state index contributed by atoms with van der Waals surface area (Å²) < 4.78 is 0. The summed E-state index contributed by atoms with van der Waals surface area (Å²) in [5.74, 6) is 0. The van der Waals surface area contributed by atoms with Crippen molar-refractivity contribution in [2.45, 2.75) is 20.0 Å². The van der Waals surface area contributed by atoms with E-state index in [1.54, 1.807) is 12.4 Å². The molecule has 4 heteroatoms. The Balaban J connectivity index is 1.78. The molecule has 0 spiro atoms. The first-order chi connectivity index (χ1) is 9.25. The lowest BCUT2D eigenvalue weighted by molar-refractivity contribution is 0.240. The lowest BCUT2D eigenvalue weighted by atomic mass is 10.2. The van der Waals surface area contributed by atoms with Crippen LogP contribution in [0.3, 0.4) is 0 Å². The molecule has 0 aliphatic carbocycles. The molecule has 0 bridgehead atoms. The molecule has 0 saturated carbocycles. The zero-order valence-corrected chi connectivity index (χ0v) is 10.9. The van der Waals surface area contributed by atoms with E-state index in [0.29, 0.717) is 13.1 Å². The van der Waals surface area contributed by atoms with Gasteiger partial charge in [0.05, 0.1) is 0 Å². The van der Waals surface area contributed by atoms with Gasteiger partial charge < -0.3 is 10.6 Å². The quantitative estimate of drug-likeness (QED) is 0.881. The molecule has 1 aromatic carbocycles. The van der Waals surface area contributed by atoms with E-state index in [2.05, 4.69) is 15.6 Å². The van der Waals surface area contributed by atoms with E-state index < -0.39 is 0 Å². The third-order valence-corrected chi connectivity index (χ3v) is 2.88. The third-order valence-electron chi connectivity index (χ3n) is 2.88. The summed E-state index contributed by atoms with van der Waals surface area (Å²) in [7, 11) is 0. The molecule has 0 atom stereocenters. The molecule has 0 aliphatic heterocycles. The molecule has 0 radical (unpaired) electrons. The van der Waals surface area contributed by atoms with Gasteiger partial charge in [-0.25, -0.2) is 4.79 Å². The van der Waals surface area contributed by atoms with Crippen LogP contribution in [0.25, 0.3) is 0 Å². The maximum Gasteiger partial charge on any atom is 0.315 e. The molecular weight excluding hydrogens is 238 g/mol. The molecule has 0 fully saturated rings. The Bertz CT molecular complexity index is 540. The van der Waals surface area contributed by atoms with Crippen LogP contribution in [-0.2, 0) is 13.1 Å². The maximum atomic E-state index is 11.7. The van der Waals surface area contributed by atoms with Crippen molar-refractivity contribution in [1.29, 1.82) is 0 Å². The molecule has 98 valence electrons. The van der Waals surface area contributed by atoms with Crippen molar-refractivity contribution in [2.24, 2.45) is 0 Å². The molecule has 2 amide bonds. The summed E-state index contributed by atoms with van der Waals surface area (Å²) in [6.45, 7) is 3.01. The molecule has 2 N–H and O–H groups in total.